The molecule has 0 fully saturated rings. The lowest BCUT2D eigenvalue weighted by Crippen LogP contribution is -2.44. The van der Waals surface area contributed by atoms with Gasteiger partial charge in [0.2, 0.25) is 0 Å². The van der Waals surface area contributed by atoms with Gasteiger partial charge in [0.1, 0.15) is 0 Å². The molecule has 11 nitrogen and oxygen atoms in total. The van der Waals surface area contributed by atoms with Crippen molar-refractivity contribution < 1.29 is 52.8 Å². The lowest BCUT2D eigenvalue weighted by Gasteiger charge is -2.23. The minimum atomic E-state index is -2.26. The van der Waals surface area contributed by atoms with Crippen LogP contribution >= 0.6 is 0 Å². The number of ether oxygens (including phenoxy) is 5. The van der Waals surface area contributed by atoms with Crippen molar-refractivity contribution in [2.75, 3.05) is 33.0 Å². The number of aliphatic hydroxyl groups is 1. The van der Waals surface area contributed by atoms with E-state index in [1.165, 1.54) is 0 Å². The van der Waals surface area contributed by atoms with Crippen LogP contribution in [0.1, 0.15) is 68.2 Å². The van der Waals surface area contributed by atoms with Crippen LogP contribution in [-0.4, -0.2) is 73.6 Å². The zero-order chi connectivity index (χ0) is 26.9. The van der Waals surface area contributed by atoms with Crippen LogP contribution in [0, 0.1) is 0 Å². The Morgan fingerprint density at radius 3 is 1.29 bits per heavy atom. The second-order valence-electron chi connectivity index (χ2n) is 6.70. The van der Waals surface area contributed by atoms with Gasteiger partial charge in [0.05, 0.1) is 57.0 Å². The Morgan fingerprint density at radius 2 is 0.971 bits per heavy atom. The minimum Gasteiger partial charge on any atom is -0.466 e. The summed E-state index contributed by atoms with van der Waals surface area (Å²) in [4.78, 5) is 57.5. The number of rotatable bonds is 12. The molecule has 0 aliphatic rings. The molecule has 196 valence electrons. The van der Waals surface area contributed by atoms with Gasteiger partial charge in [-0.15, -0.1) is 0 Å². The van der Waals surface area contributed by atoms with Crippen molar-refractivity contribution in [2.45, 2.75) is 53.1 Å². The van der Waals surface area contributed by atoms with E-state index in [4.69, 9.17) is 9.47 Å². The van der Waals surface area contributed by atoms with Crippen LogP contribution in [0.25, 0.3) is 0 Å². The predicted octanol–water partition coefficient (Wildman–Crippen LogP) is 2.23. The van der Waals surface area contributed by atoms with E-state index in [9.17, 15) is 29.1 Å². The molecule has 0 spiro atoms. The predicted molar refractivity (Wildman–Crippen MR) is 122 cm³/mol. The van der Waals surface area contributed by atoms with E-state index in [0.29, 0.717) is 0 Å². The van der Waals surface area contributed by atoms with Crippen LogP contribution in [-0.2, 0) is 38.1 Å². The molecule has 0 aromatic heterocycles. The Labute approximate surface area is 204 Å². The third-order valence-electron chi connectivity index (χ3n) is 4.06. The monoisotopic (exact) mass is 498 g/mol. The molecule has 1 aromatic rings. The van der Waals surface area contributed by atoms with Gasteiger partial charge in [0.25, 0.3) is 0 Å². The highest BCUT2D eigenvalue weighted by Crippen LogP contribution is 2.20. The molecule has 0 radical (unpaired) electrons. The first-order valence-electron chi connectivity index (χ1n) is 11.2. The van der Waals surface area contributed by atoms with Gasteiger partial charge >= 0.3 is 29.8 Å². The summed E-state index contributed by atoms with van der Waals surface area (Å²) in [7, 11) is 0. The van der Waals surface area contributed by atoms with Gasteiger partial charge in [0.15, 0.2) is 5.60 Å². The van der Waals surface area contributed by atoms with E-state index in [1.807, 2.05) is 0 Å². The number of carbonyl (C=O) groups excluding carboxylic acids is 5. The molecule has 11 heteroatoms. The highest BCUT2D eigenvalue weighted by molar-refractivity contribution is 6.03. The molecule has 0 saturated carbocycles. The third kappa shape index (κ3) is 11.5. The number of benzene rings is 1. The van der Waals surface area contributed by atoms with Crippen molar-refractivity contribution in [1.82, 2.24) is 0 Å². The molecule has 0 amide bonds. The topological polar surface area (TPSA) is 152 Å². The molecule has 0 unspecified atom stereocenters. The molecule has 1 aromatic carbocycles. The highest BCUT2D eigenvalue weighted by atomic mass is 16.6. The van der Waals surface area contributed by atoms with Gasteiger partial charge in [-0.05, 0) is 46.8 Å². The molecule has 0 atom stereocenters. The van der Waals surface area contributed by atoms with Crippen molar-refractivity contribution in [3.63, 3.8) is 0 Å². The standard InChI is InChI=1S/C12H20O7.C12H14O4/c1-4-17-9(13)7-12(16,11(15)19-6-3)8-10(14)18-5-2;1-3-15-11(13)9-7-5-6-8-10(9)12(14)16-4-2/h16H,4-8H2,1-3H3;5-8H,3-4H2,1-2H3. The summed E-state index contributed by atoms with van der Waals surface area (Å²) in [6.07, 6.45) is -1.31. The van der Waals surface area contributed by atoms with Gasteiger partial charge in [0, 0.05) is 0 Å². The summed E-state index contributed by atoms with van der Waals surface area (Å²) in [6.45, 7) is 8.94. The summed E-state index contributed by atoms with van der Waals surface area (Å²) in [6, 6.07) is 6.44. The molecule has 0 aliphatic carbocycles. The second kappa shape index (κ2) is 17.0. The van der Waals surface area contributed by atoms with Crippen molar-refractivity contribution in [3.8, 4) is 0 Å². The van der Waals surface area contributed by atoms with Crippen molar-refractivity contribution in [3.05, 3.63) is 35.4 Å². The fraction of sp³-hybridized carbons (Fsp3) is 0.542. The van der Waals surface area contributed by atoms with Crippen LogP contribution < -0.4 is 0 Å². The summed E-state index contributed by atoms with van der Waals surface area (Å²) in [5, 5.41) is 10.1. The van der Waals surface area contributed by atoms with Gasteiger partial charge in [-0.2, -0.15) is 0 Å². The van der Waals surface area contributed by atoms with Crippen LogP contribution in [0.3, 0.4) is 0 Å². The summed E-state index contributed by atoms with van der Waals surface area (Å²) >= 11 is 0. The van der Waals surface area contributed by atoms with E-state index in [-0.39, 0.29) is 44.2 Å². The molecule has 0 aliphatic heterocycles. The van der Waals surface area contributed by atoms with E-state index in [2.05, 4.69) is 14.2 Å². The second-order valence-corrected chi connectivity index (χ2v) is 6.70. The fourth-order valence-corrected chi connectivity index (χ4v) is 2.63. The first-order chi connectivity index (χ1) is 16.6. The number of esters is 5. The smallest absolute Gasteiger partial charge is 0.339 e. The van der Waals surface area contributed by atoms with Crippen molar-refractivity contribution in [2.24, 2.45) is 0 Å². The van der Waals surface area contributed by atoms with E-state index < -0.39 is 48.3 Å². The fourth-order valence-electron chi connectivity index (χ4n) is 2.63. The molecule has 0 saturated heterocycles. The molecule has 0 heterocycles. The quantitative estimate of drug-likeness (QED) is 0.333. The average molecular weight is 499 g/mol. The van der Waals surface area contributed by atoms with Gasteiger partial charge in [-0.25, -0.2) is 14.4 Å². The maximum atomic E-state index is 11.7. The van der Waals surface area contributed by atoms with Crippen LogP contribution in [0.5, 0.6) is 0 Å². The van der Waals surface area contributed by atoms with Crippen molar-refractivity contribution >= 4 is 29.8 Å². The van der Waals surface area contributed by atoms with E-state index in [1.54, 1.807) is 58.9 Å². The summed E-state index contributed by atoms with van der Waals surface area (Å²) in [5.41, 5.74) is -1.78. The molecule has 0 bridgehead atoms. The molecule has 35 heavy (non-hydrogen) atoms. The van der Waals surface area contributed by atoms with Crippen LogP contribution in [0.15, 0.2) is 24.3 Å². The van der Waals surface area contributed by atoms with Gasteiger partial charge < -0.3 is 28.8 Å². The Morgan fingerprint density at radius 1 is 0.629 bits per heavy atom. The maximum Gasteiger partial charge on any atom is 0.339 e. The Kier molecular flexibility index (Phi) is 15.3. The first-order valence-corrected chi connectivity index (χ1v) is 11.2. The van der Waals surface area contributed by atoms with Gasteiger partial charge in [-0.1, -0.05) is 12.1 Å². The van der Waals surface area contributed by atoms with E-state index >= 15 is 0 Å². The Hall–Kier alpha value is -3.47. The zero-order valence-electron chi connectivity index (χ0n) is 20.8. The third-order valence-corrected chi connectivity index (χ3v) is 4.06. The first kappa shape index (κ1) is 31.5. The molecular weight excluding hydrogens is 464 g/mol. The summed E-state index contributed by atoms with van der Waals surface area (Å²) < 4.78 is 23.7. The van der Waals surface area contributed by atoms with Gasteiger partial charge in [-0.3, -0.25) is 9.59 Å². The van der Waals surface area contributed by atoms with Crippen molar-refractivity contribution in [1.29, 1.82) is 0 Å². The van der Waals surface area contributed by atoms with Crippen LogP contribution in [0.4, 0.5) is 0 Å². The Balaban J connectivity index is 0.000000669. The highest BCUT2D eigenvalue weighted by Gasteiger charge is 2.43. The molecule has 1 rings (SSSR count). The SMILES string of the molecule is CCOC(=O)CC(O)(CC(=O)OCC)C(=O)OCC.CCOC(=O)c1ccccc1C(=O)OCC. The maximum absolute atomic E-state index is 11.7. The number of hydrogen-bond donors (Lipinski definition) is 1. The minimum absolute atomic E-state index is 0.0206. The number of hydrogen-bond acceptors (Lipinski definition) is 11. The molecule has 1 N–H and O–H groups in total. The average Bonchev–Trinajstić information content (AvgIpc) is 2.80. The largest absolute Gasteiger partial charge is 0.466 e. The molecular formula is C24H34O11. The number of carbonyl (C=O) groups is 5. The summed E-state index contributed by atoms with van der Waals surface area (Å²) in [5.74, 6) is -3.64. The van der Waals surface area contributed by atoms with Crippen LogP contribution in [0.2, 0.25) is 0 Å². The lowest BCUT2D eigenvalue weighted by atomic mass is 9.95. The zero-order valence-corrected chi connectivity index (χ0v) is 20.8. The normalized spacial score (nSPS) is 10.2. The Bertz CT molecular complexity index is 791. The van der Waals surface area contributed by atoms with E-state index in [0.717, 1.165) is 0 Å². The lowest BCUT2D eigenvalue weighted by molar-refractivity contribution is -0.177.